The Morgan fingerprint density at radius 3 is 1.87 bits per heavy atom. The minimum Gasteiger partial charge on any atom is -0.340 e. The molecule has 3 aromatic rings. The smallest absolute Gasteiger partial charge is 0.135 e. The first-order valence-corrected chi connectivity index (χ1v) is 7.64. The second-order valence-corrected chi connectivity index (χ2v) is 5.65. The van der Waals surface area contributed by atoms with Gasteiger partial charge >= 0.3 is 0 Å². The Morgan fingerprint density at radius 2 is 1.35 bits per heavy atom. The van der Waals surface area contributed by atoms with Gasteiger partial charge in [0.2, 0.25) is 0 Å². The van der Waals surface area contributed by atoms with Crippen LogP contribution < -0.4 is 10.6 Å². The van der Waals surface area contributed by atoms with Gasteiger partial charge in [-0.1, -0.05) is 15.9 Å². The molecular weight excluding hydrogens is 354 g/mol. The largest absolute Gasteiger partial charge is 0.340 e. The number of nitriles is 1. The highest BCUT2D eigenvalue weighted by atomic mass is 79.9. The van der Waals surface area contributed by atoms with Crippen LogP contribution in [0.5, 0.6) is 0 Å². The van der Waals surface area contributed by atoms with Gasteiger partial charge in [0.15, 0.2) is 0 Å². The average Bonchev–Trinajstić information content (AvgIpc) is 2.58. The average molecular weight is 366 g/mol. The summed E-state index contributed by atoms with van der Waals surface area (Å²) in [4.78, 5) is 8.41. The summed E-state index contributed by atoms with van der Waals surface area (Å²) in [5, 5.41) is 15.2. The molecule has 0 radical (unpaired) electrons. The monoisotopic (exact) mass is 365 g/mol. The molecule has 0 fully saturated rings. The van der Waals surface area contributed by atoms with Crippen molar-refractivity contribution >= 4 is 38.9 Å². The van der Waals surface area contributed by atoms with Gasteiger partial charge in [0.1, 0.15) is 18.0 Å². The molecule has 3 rings (SSSR count). The van der Waals surface area contributed by atoms with E-state index in [0.717, 1.165) is 15.8 Å². The second-order valence-electron chi connectivity index (χ2n) is 4.73. The van der Waals surface area contributed by atoms with Crippen molar-refractivity contribution in [2.24, 2.45) is 0 Å². The van der Waals surface area contributed by atoms with Gasteiger partial charge in [-0.3, -0.25) is 0 Å². The van der Waals surface area contributed by atoms with Gasteiger partial charge in [-0.15, -0.1) is 0 Å². The number of nitrogens with one attached hydrogen (secondary N) is 2. The second kappa shape index (κ2) is 6.90. The first-order valence-electron chi connectivity index (χ1n) is 6.85. The normalized spacial score (nSPS) is 9.91. The summed E-state index contributed by atoms with van der Waals surface area (Å²) in [7, 11) is 0. The highest BCUT2D eigenvalue weighted by Gasteiger charge is 2.01. The third kappa shape index (κ3) is 4.05. The fourth-order valence-corrected chi connectivity index (χ4v) is 2.22. The highest BCUT2D eigenvalue weighted by molar-refractivity contribution is 9.10. The van der Waals surface area contributed by atoms with Crippen molar-refractivity contribution in [3.8, 4) is 6.07 Å². The van der Waals surface area contributed by atoms with Crippen LogP contribution in [0, 0.1) is 11.3 Å². The lowest BCUT2D eigenvalue weighted by Crippen LogP contribution is -1.98. The summed E-state index contributed by atoms with van der Waals surface area (Å²) in [6.07, 6.45) is 1.49. The zero-order valence-corrected chi connectivity index (χ0v) is 13.6. The molecule has 0 aliphatic carbocycles. The molecule has 0 amide bonds. The number of rotatable bonds is 4. The molecule has 1 aromatic heterocycles. The lowest BCUT2D eigenvalue weighted by atomic mass is 10.2. The number of nitrogens with zero attached hydrogens (tertiary/aromatic N) is 3. The van der Waals surface area contributed by atoms with Crippen molar-refractivity contribution in [3.63, 3.8) is 0 Å². The van der Waals surface area contributed by atoms with Crippen LogP contribution >= 0.6 is 15.9 Å². The molecule has 0 atom stereocenters. The Bertz CT molecular complexity index is 838. The molecule has 0 aliphatic heterocycles. The van der Waals surface area contributed by atoms with Gasteiger partial charge in [0.05, 0.1) is 11.6 Å². The van der Waals surface area contributed by atoms with Crippen molar-refractivity contribution in [2.75, 3.05) is 10.6 Å². The molecule has 112 valence electrons. The summed E-state index contributed by atoms with van der Waals surface area (Å²) < 4.78 is 1.02. The molecule has 5 nitrogen and oxygen atoms in total. The van der Waals surface area contributed by atoms with Gasteiger partial charge in [-0.05, 0) is 48.5 Å². The Hall–Kier alpha value is -2.91. The Labute approximate surface area is 142 Å². The predicted molar refractivity (Wildman–Crippen MR) is 93.9 cm³/mol. The van der Waals surface area contributed by atoms with Crippen LogP contribution in [0.4, 0.5) is 23.0 Å². The van der Waals surface area contributed by atoms with E-state index in [-0.39, 0.29) is 0 Å². The molecule has 0 spiro atoms. The molecule has 0 unspecified atom stereocenters. The predicted octanol–water partition coefficient (Wildman–Crippen LogP) is 4.60. The van der Waals surface area contributed by atoms with E-state index in [1.807, 2.05) is 42.5 Å². The van der Waals surface area contributed by atoms with Crippen molar-refractivity contribution in [1.82, 2.24) is 9.97 Å². The molecule has 0 saturated heterocycles. The number of aromatic nitrogens is 2. The van der Waals surface area contributed by atoms with E-state index in [0.29, 0.717) is 17.2 Å². The molecule has 0 bridgehead atoms. The Kier molecular flexibility index (Phi) is 4.50. The van der Waals surface area contributed by atoms with E-state index >= 15 is 0 Å². The number of benzene rings is 2. The van der Waals surface area contributed by atoms with Crippen LogP contribution in [-0.2, 0) is 0 Å². The maximum absolute atomic E-state index is 8.81. The number of hydrogen-bond donors (Lipinski definition) is 2. The maximum atomic E-state index is 8.81. The number of hydrogen-bond acceptors (Lipinski definition) is 5. The van der Waals surface area contributed by atoms with Crippen LogP contribution in [-0.4, -0.2) is 9.97 Å². The van der Waals surface area contributed by atoms with Gasteiger partial charge in [0.25, 0.3) is 0 Å². The standard InChI is InChI=1S/C17H12BrN5/c18-13-3-7-15(8-4-13)23-17-9-16(20-11-21-17)22-14-5-1-12(10-19)2-6-14/h1-9,11H,(H2,20,21,22,23). The maximum Gasteiger partial charge on any atom is 0.135 e. The zero-order valence-electron chi connectivity index (χ0n) is 12.0. The molecule has 2 N–H and O–H groups in total. The topological polar surface area (TPSA) is 73.6 Å². The molecule has 23 heavy (non-hydrogen) atoms. The first kappa shape index (κ1) is 15.0. The number of anilines is 4. The van der Waals surface area contributed by atoms with Gasteiger partial charge in [0, 0.05) is 21.9 Å². The fraction of sp³-hybridized carbons (Fsp3) is 0. The molecule has 0 saturated carbocycles. The van der Waals surface area contributed by atoms with Gasteiger partial charge < -0.3 is 10.6 Å². The SMILES string of the molecule is N#Cc1ccc(Nc2cc(Nc3ccc(Br)cc3)ncn2)cc1. The summed E-state index contributed by atoms with van der Waals surface area (Å²) in [6.45, 7) is 0. The summed E-state index contributed by atoms with van der Waals surface area (Å²) in [5.41, 5.74) is 2.42. The molecular formula is C17H12BrN5. The molecule has 1 heterocycles. The van der Waals surface area contributed by atoms with Crippen LogP contribution in [0.1, 0.15) is 5.56 Å². The lowest BCUT2D eigenvalue weighted by Gasteiger charge is -2.09. The molecule has 2 aromatic carbocycles. The van der Waals surface area contributed by atoms with Gasteiger partial charge in [-0.25, -0.2) is 9.97 Å². The minimum absolute atomic E-state index is 0.621. The molecule has 0 aliphatic rings. The van der Waals surface area contributed by atoms with Crippen LogP contribution in [0.2, 0.25) is 0 Å². The van der Waals surface area contributed by atoms with E-state index < -0.39 is 0 Å². The van der Waals surface area contributed by atoms with E-state index in [9.17, 15) is 0 Å². The number of halogens is 1. The minimum atomic E-state index is 0.621. The van der Waals surface area contributed by atoms with Crippen molar-refractivity contribution in [1.29, 1.82) is 5.26 Å². The van der Waals surface area contributed by atoms with E-state index in [1.54, 1.807) is 12.1 Å². The van der Waals surface area contributed by atoms with E-state index in [2.05, 4.69) is 42.6 Å². The fourth-order valence-electron chi connectivity index (χ4n) is 1.95. The lowest BCUT2D eigenvalue weighted by molar-refractivity contribution is 1.17. The third-order valence-corrected chi connectivity index (χ3v) is 3.60. The van der Waals surface area contributed by atoms with Crippen LogP contribution in [0.25, 0.3) is 0 Å². The molecule has 6 heteroatoms. The van der Waals surface area contributed by atoms with Crippen LogP contribution in [0.15, 0.2) is 65.4 Å². The van der Waals surface area contributed by atoms with Crippen molar-refractivity contribution in [3.05, 3.63) is 71.0 Å². The highest BCUT2D eigenvalue weighted by Crippen LogP contribution is 2.21. The quantitative estimate of drug-likeness (QED) is 0.706. The summed E-state index contributed by atoms with van der Waals surface area (Å²) in [6, 6.07) is 18.9. The van der Waals surface area contributed by atoms with Crippen molar-refractivity contribution in [2.45, 2.75) is 0 Å². The zero-order chi connectivity index (χ0) is 16.1. The van der Waals surface area contributed by atoms with E-state index in [4.69, 9.17) is 5.26 Å². The van der Waals surface area contributed by atoms with E-state index in [1.165, 1.54) is 6.33 Å². The third-order valence-electron chi connectivity index (χ3n) is 3.07. The van der Waals surface area contributed by atoms with Crippen LogP contribution in [0.3, 0.4) is 0 Å². The summed E-state index contributed by atoms with van der Waals surface area (Å²) >= 11 is 3.41. The first-order chi connectivity index (χ1) is 11.2. The Morgan fingerprint density at radius 1 is 0.826 bits per heavy atom. The van der Waals surface area contributed by atoms with Crippen molar-refractivity contribution < 1.29 is 0 Å². The Balaban J connectivity index is 1.74. The summed E-state index contributed by atoms with van der Waals surface area (Å²) in [5.74, 6) is 1.36. The van der Waals surface area contributed by atoms with Gasteiger partial charge in [-0.2, -0.15) is 5.26 Å².